The Hall–Kier alpha value is -2.25. The van der Waals surface area contributed by atoms with Crippen LogP contribution in [0.3, 0.4) is 0 Å². The molecule has 0 aliphatic carbocycles. The zero-order chi connectivity index (χ0) is 20.4. The number of hydrogen-bond acceptors (Lipinski definition) is 5. The van der Waals surface area contributed by atoms with E-state index in [9.17, 15) is 14.9 Å². The minimum absolute atomic E-state index is 0.114. The average Bonchev–Trinajstić information content (AvgIpc) is 2.70. The van der Waals surface area contributed by atoms with Crippen molar-refractivity contribution < 1.29 is 14.8 Å². The molecule has 3 heterocycles. The third-order valence-corrected chi connectivity index (χ3v) is 6.95. The van der Waals surface area contributed by atoms with Crippen molar-refractivity contribution in [2.45, 2.75) is 50.7 Å². The van der Waals surface area contributed by atoms with Gasteiger partial charge in [0, 0.05) is 43.4 Å². The van der Waals surface area contributed by atoms with Crippen molar-refractivity contribution in [3.05, 3.63) is 52.1 Å². The van der Waals surface area contributed by atoms with Gasteiger partial charge in [-0.25, -0.2) is 4.79 Å². The summed E-state index contributed by atoms with van der Waals surface area (Å²) in [6.07, 6.45) is 8.71. The minimum atomic E-state index is -0.899. The Balaban J connectivity index is 1.56. The van der Waals surface area contributed by atoms with Gasteiger partial charge in [0.2, 0.25) is 0 Å². The Morgan fingerprint density at radius 1 is 1.21 bits per heavy atom. The number of likely N-dealkylation sites (tertiary alicyclic amines) is 1. The molecular weight excluding hydrogens is 370 g/mol. The first-order valence-electron chi connectivity index (χ1n) is 10.6. The molecule has 0 aromatic heterocycles. The molecule has 3 saturated heterocycles. The van der Waals surface area contributed by atoms with Crippen molar-refractivity contribution in [1.82, 2.24) is 9.80 Å². The maximum atomic E-state index is 11.0. The fraction of sp³-hybridized carbons (Fsp3) is 0.591. The Morgan fingerprint density at radius 2 is 1.93 bits per heavy atom. The van der Waals surface area contributed by atoms with Crippen LogP contribution < -0.4 is 0 Å². The molecule has 3 aliphatic rings. The van der Waals surface area contributed by atoms with Crippen LogP contribution >= 0.6 is 0 Å². The van der Waals surface area contributed by atoms with Gasteiger partial charge in [0.1, 0.15) is 0 Å². The quantitative estimate of drug-likeness (QED) is 0.449. The summed E-state index contributed by atoms with van der Waals surface area (Å²) in [4.78, 5) is 26.7. The second kappa shape index (κ2) is 8.63. The summed E-state index contributed by atoms with van der Waals surface area (Å²) >= 11 is 0. The van der Waals surface area contributed by atoms with Gasteiger partial charge < -0.3 is 5.11 Å². The summed E-state index contributed by atoms with van der Waals surface area (Å²) in [5.41, 5.74) is 1.19. The molecule has 1 aromatic rings. The SMILES string of the molecule is O=C(O)/C=C/C[C@@H]1[C@H]2CCCN3CCC[C@@H](CN1Cc1ccc([N+](=O)[O-])cc1)[C@@H]23. The van der Waals surface area contributed by atoms with Gasteiger partial charge in [0.25, 0.3) is 5.69 Å². The molecule has 1 N–H and O–H groups in total. The number of non-ortho nitro benzene ring substituents is 1. The summed E-state index contributed by atoms with van der Waals surface area (Å²) in [7, 11) is 0. The van der Waals surface area contributed by atoms with Crippen LogP contribution in [0.4, 0.5) is 5.69 Å². The number of benzene rings is 1. The molecule has 0 amide bonds. The number of carboxylic acid groups (broad SMARTS) is 1. The smallest absolute Gasteiger partial charge is 0.327 e. The first-order valence-corrected chi connectivity index (χ1v) is 10.6. The van der Waals surface area contributed by atoms with Crippen molar-refractivity contribution in [3.63, 3.8) is 0 Å². The van der Waals surface area contributed by atoms with Crippen LogP contribution in [0.5, 0.6) is 0 Å². The maximum Gasteiger partial charge on any atom is 0.327 e. The molecule has 4 rings (SSSR count). The predicted octanol–water partition coefficient (Wildman–Crippen LogP) is 3.30. The summed E-state index contributed by atoms with van der Waals surface area (Å²) in [5.74, 6) is 0.314. The number of hydrogen-bond donors (Lipinski definition) is 1. The van der Waals surface area contributed by atoms with E-state index in [0.717, 1.165) is 25.1 Å². The van der Waals surface area contributed by atoms with E-state index in [4.69, 9.17) is 5.11 Å². The number of carboxylic acids is 1. The molecule has 7 heteroatoms. The Morgan fingerprint density at radius 3 is 2.62 bits per heavy atom. The van der Waals surface area contributed by atoms with Crippen LogP contribution in [0.25, 0.3) is 0 Å². The monoisotopic (exact) mass is 399 g/mol. The van der Waals surface area contributed by atoms with E-state index in [1.54, 1.807) is 18.2 Å². The summed E-state index contributed by atoms with van der Waals surface area (Å²) in [6, 6.07) is 7.77. The molecule has 7 nitrogen and oxygen atoms in total. The maximum absolute atomic E-state index is 11.0. The highest BCUT2D eigenvalue weighted by Gasteiger charge is 2.47. The lowest BCUT2D eigenvalue weighted by Crippen LogP contribution is -2.64. The van der Waals surface area contributed by atoms with Gasteiger partial charge in [-0.3, -0.25) is 19.9 Å². The fourth-order valence-corrected chi connectivity index (χ4v) is 5.85. The molecule has 0 bridgehead atoms. The zero-order valence-electron chi connectivity index (χ0n) is 16.7. The van der Waals surface area contributed by atoms with Crippen molar-refractivity contribution >= 4 is 11.7 Å². The third kappa shape index (κ3) is 4.36. The van der Waals surface area contributed by atoms with Gasteiger partial charge in [0.05, 0.1) is 4.92 Å². The Kier molecular flexibility index (Phi) is 5.96. The lowest BCUT2D eigenvalue weighted by Gasteiger charge is -2.57. The first kappa shape index (κ1) is 20.0. The summed E-state index contributed by atoms with van der Waals surface area (Å²) < 4.78 is 0. The van der Waals surface area contributed by atoms with Gasteiger partial charge in [-0.15, -0.1) is 0 Å². The average molecular weight is 399 g/mol. The van der Waals surface area contributed by atoms with E-state index in [2.05, 4.69) is 9.80 Å². The second-order valence-corrected chi connectivity index (χ2v) is 8.63. The molecule has 3 aliphatic heterocycles. The zero-order valence-corrected chi connectivity index (χ0v) is 16.7. The van der Waals surface area contributed by atoms with Gasteiger partial charge in [-0.1, -0.05) is 18.2 Å². The summed E-state index contributed by atoms with van der Waals surface area (Å²) in [6.45, 7) is 4.15. The molecule has 0 saturated carbocycles. The number of nitrogens with zero attached hydrogens (tertiary/aromatic N) is 3. The van der Waals surface area contributed by atoms with E-state index in [-0.39, 0.29) is 10.6 Å². The highest BCUT2D eigenvalue weighted by molar-refractivity contribution is 5.79. The number of nitro groups is 1. The van der Waals surface area contributed by atoms with Crippen LogP contribution in [-0.4, -0.2) is 57.5 Å². The molecule has 4 atom stereocenters. The topological polar surface area (TPSA) is 86.9 Å². The third-order valence-electron chi connectivity index (χ3n) is 6.95. The van der Waals surface area contributed by atoms with E-state index in [0.29, 0.717) is 23.9 Å². The van der Waals surface area contributed by atoms with Crippen LogP contribution in [0.15, 0.2) is 36.4 Å². The molecule has 29 heavy (non-hydrogen) atoms. The van der Waals surface area contributed by atoms with Crippen LogP contribution in [-0.2, 0) is 11.3 Å². The number of rotatable bonds is 6. The van der Waals surface area contributed by atoms with Crippen molar-refractivity contribution in [3.8, 4) is 0 Å². The van der Waals surface area contributed by atoms with Gasteiger partial charge >= 0.3 is 5.97 Å². The van der Waals surface area contributed by atoms with E-state index in [1.165, 1.54) is 44.8 Å². The lowest BCUT2D eigenvalue weighted by atomic mass is 9.69. The molecule has 0 unspecified atom stereocenters. The minimum Gasteiger partial charge on any atom is -0.478 e. The lowest BCUT2D eigenvalue weighted by molar-refractivity contribution is -0.384. The largest absolute Gasteiger partial charge is 0.478 e. The van der Waals surface area contributed by atoms with Crippen LogP contribution in [0.2, 0.25) is 0 Å². The highest BCUT2D eigenvalue weighted by atomic mass is 16.6. The van der Waals surface area contributed by atoms with E-state index in [1.807, 2.05) is 12.1 Å². The number of nitro benzene ring substituents is 1. The second-order valence-electron chi connectivity index (χ2n) is 8.63. The van der Waals surface area contributed by atoms with E-state index < -0.39 is 5.97 Å². The van der Waals surface area contributed by atoms with Gasteiger partial charge in [-0.2, -0.15) is 0 Å². The molecule has 0 spiro atoms. The molecule has 3 fully saturated rings. The van der Waals surface area contributed by atoms with Crippen molar-refractivity contribution in [1.29, 1.82) is 0 Å². The van der Waals surface area contributed by atoms with Crippen molar-refractivity contribution in [2.75, 3.05) is 19.6 Å². The molecule has 1 aromatic carbocycles. The van der Waals surface area contributed by atoms with E-state index >= 15 is 0 Å². The van der Waals surface area contributed by atoms with Gasteiger partial charge in [0.15, 0.2) is 0 Å². The van der Waals surface area contributed by atoms with Crippen molar-refractivity contribution in [2.24, 2.45) is 11.8 Å². The Bertz CT molecular complexity index is 777. The normalized spacial score (nSPS) is 30.2. The highest BCUT2D eigenvalue weighted by Crippen LogP contribution is 2.43. The molecule has 156 valence electrons. The van der Waals surface area contributed by atoms with Crippen LogP contribution in [0, 0.1) is 22.0 Å². The molecule has 0 radical (unpaired) electrons. The summed E-state index contributed by atoms with van der Waals surface area (Å²) in [5, 5.41) is 20.0. The standard InChI is InChI=1S/C22H29N3O4/c26-21(27)7-1-6-20-19-5-3-13-23-12-2-4-17(22(19)23)15-24(20)14-16-8-10-18(11-9-16)25(28)29/h1,7-11,17,19-20,22H,2-6,12-15H2,(H,26,27)/b7-1+/t17-,19+,20+,22-/m0/s1. The van der Waals surface area contributed by atoms with Gasteiger partial charge in [-0.05, 0) is 62.6 Å². The predicted molar refractivity (Wildman–Crippen MR) is 109 cm³/mol. The van der Waals surface area contributed by atoms with Crippen LogP contribution in [0.1, 0.15) is 37.7 Å². The first-order chi connectivity index (χ1) is 14.0. The molecular formula is C22H29N3O4. The number of aliphatic carboxylic acids is 1. The fourth-order valence-electron chi connectivity index (χ4n) is 5.85. The number of piperidine rings is 3. The number of carbonyl (C=O) groups is 1. The Labute approximate surface area is 171 Å².